The number of hydrogen-bond acceptors (Lipinski definition) is 1. The summed E-state index contributed by atoms with van der Waals surface area (Å²) >= 11 is 11.7. The average molecular weight is 230 g/mol. The fraction of sp³-hybridized carbons (Fsp3) is 0.273. The van der Waals surface area contributed by atoms with E-state index in [0.29, 0.717) is 10.0 Å². The van der Waals surface area contributed by atoms with Gasteiger partial charge in [0.25, 0.3) is 0 Å². The van der Waals surface area contributed by atoms with E-state index in [2.05, 4.69) is 11.9 Å². The van der Waals surface area contributed by atoms with Gasteiger partial charge in [-0.15, -0.1) is 6.58 Å². The second-order valence-corrected chi connectivity index (χ2v) is 3.90. The Hall–Kier alpha value is -0.500. The summed E-state index contributed by atoms with van der Waals surface area (Å²) in [6, 6.07) is 5.95. The molecular weight excluding hydrogens is 217 g/mol. The highest BCUT2D eigenvalue weighted by Crippen LogP contribution is 2.23. The van der Waals surface area contributed by atoms with E-state index < -0.39 is 0 Å². The number of halogens is 2. The van der Waals surface area contributed by atoms with Crippen LogP contribution in [0.1, 0.15) is 5.56 Å². The highest BCUT2D eigenvalue weighted by Gasteiger charge is 2.04. The third kappa shape index (κ3) is 3.02. The van der Waals surface area contributed by atoms with Crippen LogP contribution in [0.5, 0.6) is 0 Å². The first-order valence-corrected chi connectivity index (χ1v) is 5.16. The van der Waals surface area contributed by atoms with E-state index in [-0.39, 0.29) is 6.04 Å². The van der Waals surface area contributed by atoms with Crippen molar-refractivity contribution < 1.29 is 0 Å². The smallest absolute Gasteiger partial charge is 0.0595 e. The summed E-state index contributed by atoms with van der Waals surface area (Å²) in [4.78, 5) is 0. The number of benzene rings is 1. The molecule has 1 aromatic rings. The molecule has 1 rings (SSSR count). The fourth-order valence-electron chi connectivity index (χ4n) is 1.22. The van der Waals surface area contributed by atoms with Crippen molar-refractivity contribution in [2.45, 2.75) is 12.5 Å². The van der Waals surface area contributed by atoms with Crippen LogP contribution in [-0.2, 0) is 6.42 Å². The summed E-state index contributed by atoms with van der Waals surface area (Å²) in [7, 11) is 1.91. The summed E-state index contributed by atoms with van der Waals surface area (Å²) in [6.45, 7) is 3.75. The Bertz CT molecular complexity index is 323. The fourth-order valence-corrected chi connectivity index (χ4v) is 1.54. The molecule has 1 unspecified atom stereocenters. The molecule has 0 amide bonds. The van der Waals surface area contributed by atoms with E-state index in [9.17, 15) is 0 Å². The summed E-state index contributed by atoms with van der Waals surface area (Å²) in [6.07, 6.45) is 2.75. The molecule has 0 saturated heterocycles. The van der Waals surface area contributed by atoms with Gasteiger partial charge in [-0.25, -0.2) is 0 Å². The Balaban J connectivity index is 2.76. The van der Waals surface area contributed by atoms with Crippen molar-refractivity contribution in [2.24, 2.45) is 0 Å². The molecule has 3 heteroatoms. The van der Waals surface area contributed by atoms with Crippen molar-refractivity contribution >= 4 is 23.2 Å². The molecule has 0 spiro atoms. The SMILES string of the molecule is C=CC(Cc1ccc(Cl)c(Cl)c1)NC. The maximum Gasteiger partial charge on any atom is 0.0595 e. The van der Waals surface area contributed by atoms with Gasteiger partial charge >= 0.3 is 0 Å². The van der Waals surface area contributed by atoms with E-state index in [1.54, 1.807) is 0 Å². The largest absolute Gasteiger partial charge is 0.313 e. The van der Waals surface area contributed by atoms with Gasteiger partial charge in [0.1, 0.15) is 0 Å². The van der Waals surface area contributed by atoms with Crippen LogP contribution in [0.25, 0.3) is 0 Å². The molecule has 0 aliphatic carbocycles. The molecule has 1 atom stereocenters. The van der Waals surface area contributed by atoms with Crippen LogP contribution in [0.15, 0.2) is 30.9 Å². The molecule has 0 heterocycles. The summed E-state index contributed by atoms with van der Waals surface area (Å²) < 4.78 is 0. The molecule has 1 aromatic carbocycles. The predicted octanol–water partition coefficient (Wildman–Crippen LogP) is 3.31. The van der Waals surface area contributed by atoms with Gasteiger partial charge in [-0.3, -0.25) is 0 Å². The first-order valence-electron chi connectivity index (χ1n) is 4.41. The molecule has 1 nitrogen and oxygen atoms in total. The van der Waals surface area contributed by atoms with Gasteiger partial charge in [0.05, 0.1) is 10.0 Å². The van der Waals surface area contributed by atoms with E-state index in [0.717, 1.165) is 12.0 Å². The Morgan fingerprint density at radius 3 is 2.64 bits per heavy atom. The highest BCUT2D eigenvalue weighted by molar-refractivity contribution is 6.42. The lowest BCUT2D eigenvalue weighted by atomic mass is 10.1. The van der Waals surface area contributed by atoms with Crippen LogP contribution in [0.2, 0.25) is 10.0 Å². The molecule has 0 saturated carbocycles. The van der Waals surface area contributed by atoms with Gasteiger partial charge in [-0.05, 0) is 31.2 Å². The van der Waals surface area contributed by atoms with Crippen molar-refractivity contribution in [1.82, 2.24) is 5.32 Å². The van der Waals surface area contributed by atoms with E-state index in [1.807, 2.05) is 31.3 Å². The Morgan fingerprint density at radius 2 is 2.14 bits per heavy atom. The minimum absolute atomic E-state index is 0.271. The van der Waals surface area contributed by atoms with Gasteiger partial charge in [0.15, 0.2) is 0 Å². The monoisotopic (exact) mass is 229 g/mol. The zero-order valence-electron chi connectivity index (χ0n) is 8.06. The quantitative estimate of drug-likeness (QED) is 0.782. The summed E-state index contributed by atoms with van der Waals surface area (Å²) in [5.74, 6) is 0. The number of likely N-dealkylation sites (N-methyl/N-ethyl adjacent to an activating group) is 1. The molecule has 1 N–H and O–H groups in total. The summed E-state index contributed by atoms with van der Waals surface area (Å²) in [5, 5.41) is 4.33. The van der Waals surface area contributed by atoms with Gasteiger partial charge < -0.3 is 5.32 Å². The lowest BCUT2D eigenvalue weighted by Gasteiger charge is -2.11. The Kier molecular flexibility index (Phi) is 4.46. The van der Waals surface area contributed by atoms with Crippen LogP contribution in [0, 0.1) is 0 Å². The van der Waals surface area contributed by atoms with Crippen LogP contribution >= 0.6 is 23.2 Å². The molecule has 0 aliphatic heterocycles. The minimum atomic E-state index is 0.271. The van der Waals surface area contributed by atoms with Crippen molar-refractivity contribution in [2.75, 3.05) is 7.05 Å². The third-order valence-corrected chi connectivity index (χ3v) is 2.83. The lowest BCUT2D eigenvalue weighted by molar-refractivity contribution is 0.665. The molecule has 0 aliphatic rings. The molecule has 0 radical (unpaired) electrons. The van der Waals surface area contributed by atoms with Crippen LogP contribution in [0.3, 0.4) is 0 Å². The Labute approximate surface area is 94.7 Å². The van der Waals surface area contributed by atoms with Gasteiger partial charge in [-0.1, -0.05) is 35.3 Å². The van der Waals surface area contributed by atoms with Crippen LogP contribution < -0.4 is 5.32 Å². The second kappa shape index (κ2) is 5.40. The zero-order valence-corrected chi connectivity index (χ0v) is 9.57. The lowest BCUT2D eigenvalue weighted by Crippen LogP contribution is -2.24. The minimum Gasteiger partial charge on any atom is -0.313 e. The van der Waals surface area contributed by atoms with Crippen LogP contribution in [-0.4, -0.2) is 13.1 Å². The summed E-state index contributed by atoms with van der Waals surface area (Å²) in [5.41, 5.74) is 1.15. The number of rotatable bonds is 4. The second-order valence-electron chi connectivity index (χ2n) is 3.08. The highest BCUT2D eigenvalue weighted by atomic mass is 35.5. The van der Waals surface area contributed by atoms with Crippen molar-refractivity contribution in [3.8, 4) is 0 Å². The average Bonchev–Trinajstić information content (AvgIpc) is 2.19. The molecule has 14 heavy (non-hydrogen) atoms. The molecule has 0 aromatic heterocycles. The first kappa shape index (κ1) is 11.6. The topological polar surface area (TPSA) is 12.0 Å². The van der Waals surface area contributed by atoms with Crippen molar-refractivity contribution in [3.63, 3.8) is 0 Å². The zero-order chi connectivity index (χ0) is 10.6. The van der Waals surface area contributed by atoms with Gasteiger partial charge in [0.2, 0.25) is 0 Å². The van der Waals surface area contributed by atoms with Crippen LogP contribution in [0.4, 0.5) is 0 Å². The van der Waals surface area contributed by atoms with Crippen molar-refractivity contribution in [1.29, 1.82) is 0 Å². The molecule has 0 fully saturated rings. The maximum atomic E-state index is 5.91. The van der Waals surface area contributed by atoms with E-state index in [1.165, 1.54) is 0 Å². The van der Waals surface area contributed by atoms with E-state index >= 15 is 0 Å². The molecular formula is C11H13Cl2N. The Morgan fingerprint density at radius 1 is 1.43 bits per heavy atom. The standard InChI is InChI=1S/C11H13Cl2N/c1-3-9(14-2)6-8-4-5-10(12)11(13)7-8/h3-5,7,9,14H,1,6H2,2H3. The normalized spacial score (nSPS) is 12.5. The van der Waals surface area contributed by atoms with E-state index in [4.69, 9.17) is 23.2 Å². The van der Waals surface area contributed by atoms with Crippen molar-refractivity contribution in [3.05, 3.63) is 46.5 Å². The van der Waals surface area contributed by atoms with Gasteiger partial charge in [-0.2, -0.15) is 0 Å². The first-order chi connectivity index (χ1) is 6.67. The van der Waals surface area contributed by atoms with Gasteiger partial charge in [0, 0.05) is 6.04 Å². The third-order valence-electron chi connectivity index (χ3n) is 2.09. The number of hydrogen-bond donors (Lipinski definition) is 1. The predicted molar refractivity (Wildman–Crippen MR) is 63.2 cm³/mol. The molecule has 0 bridgehead atoms. The maximum absolute atomic E-state index is 5.91. The number of nitrogens with one attached hydrogen (secondary N) is 1. The molecule has 76 valence electrons.